The van der Waals surface area contributed by atoms with E-state index in [1.54, 1.807) is 0 Å². The maximum absolute atomic E-state index is 14.3. The van der Waals surface area contributed by atoms with Gasteiger partial charge >= 0.3 is 16.1 Å². The fraction of sp³-hybridized carbons (Fsp3) is 0.417. The van der Waals surface area contributed by atoms with Crippen LogP contribution in [-0.2, 0) is 14.3 Å². The third-order valence-electron chi connectivity index (χ3n) is 2.54. The van der Waals surface area contributed by atoms with Gasteiger partial charge in [0.05, 0.1) is 19.5 Å². The summed E-state index contributed by atoms with van der Waals surface area (Å²) in [6.07, 6.45) is -1.73. The third kappa shape index (κ3) is 4.12. The van der Waals surface area contributed by atoms with Crippen LogP contribution in [-0.4, -0.2) is 44.1 Å². The molecule has 0 saturated carbocycles. The molecular weight excluding hydrogens is 345 g/mol. The molecule has 1 aromatic rings. The largest absolute Gasteiger partial charge is 0.488 e. The van der Waals surface area contributed by atoms with Crippen LogP contribution in [0.1, 0.15) is 28.9 Å². The van der Waals surface area contributed by atoms with Gasteiger partial charge in [0, 0.05) is 5.56 Å². The number of rotatable bonds is 6. The highest BCUT2D eigenvalue weighted by Crippen LogP contribution is 2.34. The van der Waals surface area contributed by atoms with Crippen molar-refractivity contribution in [3.8, 4) is 5.75 Å². The molecule has 0 amide bonds. The molecule has 0 aromatic heterocycles. The zero-order chi connectivity index (χ0) is 17.9. The van der Waals surface area contributed by atoms with Crippen LogP contribution in [0.15, 0.2) is 0 Å². The number of aliphatic hydroxyl groups excluding tert-OH is 2. The molecule has 0 fully saturated rings. The lowest BCUT2D eigenvalue weighted by atomic mass is 10.00. The van der Waals surface area contributed by atoms with Crippen molar-refractivity contribution in [1.82, 2.24) is 0 Å². The van der Waals surface area contributed by atoms with Crippen molar-refractivity contribution in [1.29, 1.82) is 0 Å². The van der Waals surface area contributed by atoms with E-state index >= 15 is 0 Å². The number of aliphatic hydroxyl groups is 2. The Morgan fingerprint density at radius 1 is 1.22 bits per heavy atom. The standard InChI is InChI=1S/C12H13F3O7S/c1-3-21-11-9(14)7(12(18)22-23(2,19)20)6(5(17)4-16)8(13)10(11)15/h5,16-17H,3-4H2,1-2H3. The Balaban J connectivity index is 3.72. The van der Waals surface area contributed by atoms with Crippen LogP contribution in [0.25, 0.3) is 0 Å². The molecule has 0 heterocycles. The van der Waals surface area contributed by atoms with E-state index in [0.29, 0.717) is 6.26 Å². The quantitative estimate of drug-likeness (QED) is 0.567. The number of benzene rings is 1. The first kappa shape index (κ1) is 19.2. The highest BCUT2D eigenvalue weighted by Gasteiger charge is 2.34. The van der Waals surface area contributed by atoms with Crippen LogP contribution in [0, 0.1) is 17.5 Å². The zero-order valence-corrected chi connectivity index (χ0v) is 12.8. The van der Waals surface area contributed by atoms with Gasteiger partial charge in [0.15, 0.2) is 17.4 Å². The van der Waals surface area contributed by atoms with Crippen LogP contribution in [0.2, 0.25) is 0 Å². The van der Waals surface area contributed by atoms with E-state index in [1.165, 1.54) is 6.92 Å². The maximum Gasteiger partial charge on any atom is 0.357 e. The van der Waals surface area contributed by atoms with E-state index in [4.69, 9.17) is 5.11 Å². The van der Waals surface area contributed by atoms with Gasteiger partial charge in [-0.3, -0.25) is 0 Å². The van der Waals surface area contributed by atoms with Crippen molar-refractivity contribution >= 4 is 16.1 Å². The second-order valence-corrected chi connectivity index (χ2v) is 5.84. The summed E-state index contributed by atoms with van der Waals surface area (Å²) in [5.74, 6) is -8.66. The van der Waals surface area contributed by atoms with Crippen LogP contribution < -0.4 is 4.74 Å². The van der Waals surface area contributed by atoms with Crippen LogP contribution in [0.3, 0.4) is 0 Å². The lowest BCUT2D eigenvalue weighted by Crippen LogP contribution is -2.21. The Labute approximate surface area is 129 Å². The molecule has 11 heteroatoms. The fourth-order valence-corrected chi connectivity index (χ4v) is 2.07. The highest BCUT2D eigenvalue weighted by molar-refractivity contribution is 7.86. The lowest BCUT2D eigenvalue weighted by Gasteiger charge is -2.17. The zero-order valence-electron chi connectivity index (χ0n) is 12.0. The molecule has 2 N–H and O–H groups in total. The van der Waals surface area contributed by atoms with Crippen LogP contribution >= 0.6 is 0 Å². The van der Waals surface area contributed by atoms with Crippen molar-refractivity contribution in [3.63, 3.8) is 0 Å². The minimum atomic E-state index is -4.40. The maximum atomic E-state index is 14.3. The Morgan fingerprint density at radius 2 is 1.78 bits per heavy atom. The van der Waals surface area contributed by atoms with Gasteiger partial charge in [-0.25, -0.2) is 13.6 Å². The second kappa shape index (κ2) is 7.15. The molecule has 0 aliphatic carbocycles. The Morgan fingerprint density at radius 3 is 2.22 bits per heavy atom. The number of hydrogen-bond donors (Lipinski definition) is 2. The van der Waals surface area contributed by atoms with Gasteiger partial charge in [0.1, 0.15) is 11.7 Å². The molecule has 0 saturated heterocycles. The molecule has 7 nitrogen and oxygen atoms in total. The lowest BCUT2D eigenvalue weighted by molar-refractivity contribution is 0.0704. The first-order valence-electron chi connectivity index (χ1n) is 6.10. The van der Waals surface area contributed by atoms with E-state index in [2.05, 4.69) is 8.92 Å². The van der Waals surface area contributed by atoms with Crippen LogP contribution in [0.4, 0.5) is 13.2 Å². The van der Waals surface area contributed by atoms with Gasteiger partial charge < -0.3 is 19.1 Å². The molecular formula is C12H13F3O7S. The number of halogens is 3. The molecule has 0 radical (unpaired) electrons. The van der Waals surface area contributed by atoms with Gasteiger partial charge in [-0.1, -0.05) is 0 Å². The van der Waals surface area contributed by atoms with E-state index in [9.17, 15) is 31.5 Å². The molecule has 0 bridgehead atoms. The van der Waals surface area contributed by atoms with Gasteiger partial charge in [-0.2, -0.15) is 12.8 Å². The molecule has 1 atom stereocenters. The molecule has 0 aliphatic heterocycles. The van der Waals surface area contributed by atoms with E-state index < -0.39 is 63.1 Å². The summed E-state index contributed by atoms with van der Waals surface area (Å²) < 4.78 is 72.5. The van der Waals surface area contributed by atoms with Gasteiger partial charge in [-0.05, 0) is 6.92 Å². The third-order valence-corrected chi connectivity index (χ3v) is 3.00. The minimum absolute atomic E-state index is 0.296. The molecule has 0 spiro atoms. The minimum Gasteiger partial charge on any atom is -0.488 e. The number of hydrogen-bond acceptors (Lipinski definition) is 7. The molecule has 23 heavy (non-hydrogen) atoms. The molecule has 1 rings (SSSR count). The van der Waals surface area contributed by atoms with E-state index in [1.807, 2.05) is 0 Å². The predicted molar refractivity (Wildman–Crippen MR) is 69.8 cm³/mol. The van der Waals surface area contributed by atoms with Gasteiger partial charge in [-0.15, -0.1) is 0 Å². The van der Waals surface area contributed by atoms with E-state index in [0.717, 1.165) is 0 Å². The van der Waals surface area contributed by atoms with Crippen LogP contribution in [0.5, 0.6) is 5.75 Å². The summed E-state index contributed by atoms with van der Waals surface area (Å²) in [5, 5.41) is 18.3. The Hall–Kier alpha value is -1.85. The Kier molecular flexibility index (Phi) is 5.97. The van der Waals surface area contributed by atoms with Crippen molar-refractivity contribution in [2.75, 3.05) is 19.5 Å². The second-order valence-electron chi connectivity index (χ2n) is 4.27. The summed E-state index contributed by atoms with van der Waals surface area (Å²) in [5.41, 5.74) is -2.67. The van der Waals surface area contributed by atoms with Crippen molar-refractivity contribution in [2.45, 2.75) is 13.0 Å². The number of carbonyl (C=O) groups is 1. The topological polar surface area (TPSA) is 110 Å². The molecule has 1 aromatic carbocycles. The van der Waals surface area contributed by atoms with Gasteiger partial charge in [0.25, 0.3) is 0 Å². The summed E-state index contributed by atoms with van der Waals surface area (Å²) in [6.45, 7) is -0.166. The Bertz CT molecular complexity index is 718. The van der Waals surface area contributed by atoms with E-state index in [-0.39, 0.29) is 6.61 Å². The number of carbonyl (C=O) groups excluding carboxylic acids is 1. The molecule has 0 aliphatic rings. The SMILES string of the molecule is CCOc1c(F)c(F)c(C(O)CO)c(C(=O)OS(C)(=O)=O)c1F. The smallest absolute Gasteiger partial charge is 0.357 e. The summed E-state index contributed by atoms with van der Waals surface area (Å²) >= 11 is 0. The average Bonchev–Trinajstić information content (AvgIpc) is 2.44. The van der Waals surface area contributed by atoms with Crippen molar-refractivity contribution in [3.05, 3.63) is 28.6 Å². The van der Waals surface area contributed by atoms with Gasteiger partial charge in [0.2, 0.25) is 5.82 Å². The van der Waals surface area contributed by atoms with Crippen molar-refractivity contribution in [2.24, 2.45) is 0 Å². The summed E-state index contributed by atoms with van der Waals surface area (Å²) in [7, 11) is -4.40. The monoisotopic (exact) mass is 358 g/mol. The summed E-state index contributed by atoms with van der Waals surface area (Å²) in [4.78, 5) is 11.8. The molecule has 1 unspecified atom stereocenters. The highest BCUT2D eigenvalue weighted by atomic mass is 32.2. The predicted octanol–water partition coefficient (Wildman–Crippen LogP) is 0.645. The summed E-state index contributed by atoms with van der Waals surface area (Å²) in [6, 6.07) is 0. The molecule has 130 valence electrons. The first-order valence-corrected chi connectivity index (χ1v) is 7.92. The normalized spacial score (nSPS) is 12.8. The fourth-order valence-electron chi connectivity index (χ4n) is 1.71. The first-order chi connectivity index (χ1) is 10.5. The number of ether oxygens (including phenoxy) is 1. The van der Waals surface area contributed by atoms with Crippen molar-refractivity contribution < 1.29 is 45.5 Å². The average molecular weight is 358 g/mol.